The van der Waals surface area contributed by atoms with Crippen molar-refractivity contribution in [2.75, 3.05) is 0 Å². The maximum atomic E-state index is 11.3. The molecule has 160 valence electrons. The number of aliphatic hydroxyl groups excluding tert-OH is 1. The lowest BCUT2D eigenvalue weighted by molar-refractivity contribution is -0.152. The van der Waals surface area contributed by atoms with Crippen LogP contribution in [0.1, 0.15) is 105 Å². The van der Waals surface area contributed by atoms with Crippen LogP contribution in [-0.2, 0) is 0 Å². The molecule has 0 amide bonds. The average molecular weight is 387 g/mol. The summed E-state index contributed by atoms with van der Waals surface area (Å²) < 4.78 is 0. The van der Waals surface area contributed by atoms with Crippen molar-refractivity contribution in [1.29, 1.82) is 0 Å². The number of hydrogen-bond acceptors (Lipinski definition) is 1. The number of rotatable bonds is 5. The van der Waals surface area contributed by atoms with E-state index in [2.05, 4.69) is 34.6 Å². The van der Waals surface area contributed by atoms with Crippen molar-refractivity contribution in [3.63, 3.8) is 0 Å². The summed E-state index contributed by atoms with van der Waals surface area (Å²) >= 11 is 0. The fraction of sp³-hybridized carbons (Fsp3) is 1.00. The van der Waals surface area contributed by atoms with Crippen LogP contribution in [0.15, 0.2) is 0 Å². The van der Waals surface area contributed by atoms with Crippen molar-refractivity contribution in [1.82, 2.24) is 0 Å². The van der Waals surface area contributed by atoms with Crippen LogP contribution in [0.5, 0.6) is 0 Å². The van der Waals surface area contributed by atoms with Crippen LogP contribution in [0.2, 0.25) is 0 Å². The number of hydrogen-bond donors (Lipinski definition) is 1. The molecule has 0 radical (unpaired) electrons. The van der Waals surface area contributed by atoms with Gasteiger partial charge in [-0.25, -0.2) is 0 Å². The summed E-state index contributed by atoms with van der Waals surface area (Å²) in [6.45, 7) is 12.6. The third-order valence-electron chi connectivity index (χ3n) is 11.8. The van der Waals surface area contributed by atoms with Crippen molar-refractivity contribution >= 4 is 0 Å². The molecule has 1 spiro atoms. The second-order valence-corrected chi connectivity index (χ2v) is 13.1. The van der Waals surface area contributed by atoms with Crippen LogP contribution in [-0.4, -0.2) is 11.2 Å². The van der Waals surface area contributed by atoms with Crippen LogP contribution in [0.3, 0.4) is 0 Å². The van der Waals surface area contributed by atoms with Gasteiger partial charge in [0.05, 0.1) is 6.10 Å². The van der Waals surface area contributed by atoms with Crippen molar-refractivity contribution in [3.05, 3.63) is 0 Å². The summed E-state index contributed by atoms with van der Waals surface area (Å²) in [5, 5.41) is 11.3. The monoisotopic (exact) mass is 386 g/mol. The minimum atomic E-state index is 0.0103. The Balaban J connectivity index is 1.34. The molecule has 0 unspecified atom stereocenters. The van der Waals surface area contributed by atoms with Gasteiger partial charge in [0.2, 0.25) is 0 Å². The van der Waals surface area contributed by atoms with Gasteiger partial charge in [-0.2, -0.15) is 0 Å². The minimum absolute atomic E-state index is 0.0103. The quantitative estimate of drug-likeness (QED) is 0.535. The van der Waals surface area contributed by atoms with Gasteiger partial charge >= 0.3 is 0 Å². The van der Waals surface area contributed by atoms with Gasteiger partial charge in [-0.15, -0.1) is 0 Å². The van der Waals surface area contributed by atoms with Crippen LogP contribution < -0.4 is 0 Å². The Bertz CT molecular complexity index is 611. The molecule has 5 rings (SSSR count). The molecule has 1 N–H and O–H groups in total. The Morgan fingerprint density at radius 2 is 1.71 bits per heavy atom. The lowest BCUT2D eigenvalue weighted by atomic mass is 9.45. The molecule has 10 atom stereocenters. The summed E-state index contributed by atoms with van der Waals surface area (Å²) in [4.78, 5) is 0. The van der Waals surface area contributed by atoms with Crippen LogP contribution in [0.25, 0.3) is 0 Å². The van der Waals surface area contributed by atoms with Crippen molar-refractivity contribution in [2.45, 2.75) is 111 Å². The first-order valence-corrected chi connectivity index (χ1v) is 12.9. The normalized spacial score (nSPS) is 55.4. The molecule has 1 nitrogen and oxygen atoms in total. The van der Waals surface area contributed by atoms with E-state index in [0.29, 0.717) is 16.2 Å². The van der Waals surface area contributed by atoms with Gasteiger partial charge in [-0.3, -0.25) is 0 Å². The van der Waals surface area contributed by atoms with E-state index in [1.807, 2.05) is 0 Å². The first-order chi connectivity index (χ1) is 13.2. The van der Waals surface area contributed by atoms with Gasteiger partial charge < -0.3 is 5.11 Å². The Kier molecular flexibility index (Phi) is 4.60. The highest BCUT2D eigenvalue weighted by atomic mass is 16.3. The third-order valence-corrected chi connectivity index (χ3v) is 11.8. The lowest BCUT2D eigenvalue weighted by Gasteiger charge is -2.60. The maximum Gasteiger partial charge on any atom is 0.0607 e. The van der Waals surface area contributed by atoms with Gasteiger partial charge in [0.25, 0.3) is 0 Å². The van der Waals surface area contributed by atoms with E-state index in [1.165, 1.54) is 64.2 Å². The summed E-state index contributed by atoms with van der Waals surface area (Å²) in [6.07, 6.45) is 15.4. The van der Waals surface area contributed by atoms with Crippen molar-refractivity contribution in [2.24, 2.45) is 57.7 Å². The van der Waals surface area contributed by atoms with Gasteiger partial charge in [-0.05, 0) is 104 Å². The molecular formula is C27H46O. The second-order valence-electron chi connectivity index (χ2n) is 13.1. The zero-order valence-corrected chi connectivity index (χ0v) is 19.3. The zero-order chi connectivity index (χ0) is 19.9. The third kappa shape index (κ3) is 2.47. The van der Waals surface area contributed by atoms with Crippen LogP contribution in [0.4, 0.5) is 0 Å². The first kappa shape index (κ1) is 19.9. The summed E-state index contributed by atoms with van der Waals surface area (Å²) in [5.41, 5.74) is 1.37. The maximum absolute atomic E-state index is 11.3. The van der Waals surface area contributed by atoms with Gasteiger partial charge in [0, 0.05) is 5.41 Å². The van der Waals surface area contributed by atoms with E-state index in [-0.39, 0.29) is 6.10 Å². The van der Waals surface area contributed by atoms with E-state index in [0.717, 1.165) is 47.8 Å². The smallest absolute Gasteiger partial charge is 0.0607 e. The molecule has 0 heterocycles. The standard InChI is InChI=1S/C27H46O/c1-17(2)7-6-8-18(3)21-9-10-22-20-15-24(28)27-16-19(27)11-14-26(27,5)23(20)12-13-25(21,22)4/h17-24,28H,6-16H2,1-5H3/t18-,19-,20+,21-,22+,23+,24+,25-,26-,27+/m1/s1. The molecule has 5 saturated carbocycles. The van der Waals surface area contributed by atoms with Crippen molar-refractivity contribution < 1.29 is 5.11 Å². The topological polar surface area (TPSA) is 20.2 Å². The molecule has 0 aliphatic heterocycles. The molecule has 0 aromatic carbocycles. The first-order valence-electron chi connectivity index (χ1n) is 12.9. The summed E-state index contributed by atoms with van der Waals surface area (Å²) in [6, 6.07) is 0. The van der Waals surface area contributed by atoms with E-state index < -0.39 is 0 Å². The Hall–Kier alpha value is -0.0400. The predicted octanol–water partition coefficient (Wildman–Crippen LogP) is 7.08. The molecule has 5 aliphatic carbocycles. The van der Waals surface area contributed by atoms with Crippen LogP contribution >= 0.6 is 0 Å². The number of aliphatic hydroxyl groups is 1. The molecule has 5 fully saturated rings. The highest BCUT2D eigenvalue weighted by molar-refractivity contribution is 5.25. The fourth-order valence-electron chi connectivity index (χ4n) is 10.3. The largest absolute Gasteiger partial charge is 0.393 e. The zero-order valence-electron chi connectivity index (χ0n) is 19.3. The Labute approximate surface area is 174 Å². The molecule has 0 aromatic heterocycles. The molecular weight excluding hydrogens is 340 g/mol. The predicted molar refractivity (Wildman–Crippen MR) is 117 cm³/mol. The molecule has 28 heavy (non-hydrogen) atoms. The molecule has 5 aliphatic rings. The number of fused-ring (bicyclic) bond motifs is 4. The fourth-order valence-corrected chi connectivity index (χ4v) is 10.3. The summed E-state index contributed by atoms with van der Waals surface area (Å²) in [5.74, 6) is 6.17. The average Bonchev–Trinajstić information content (AvgIpc) is 3.15. The SMILES string of the molecule is CC(C)CCC[C@@H](C)[C@H]1CC[C@H]2[C@@H]3C[C@H](O)[C@]45C[C@H]4CC[C@]5(C)[C@H]3CC[C@]12C. The summed E-state index contributed by atoms with van der Waals surface area (Å²) in [7, 11) is 0. The van der Waals surface area contributed by atoms with Gasteiger partial charge in [-0.1, -0.05) is 53.9 Å². The lowest BCUT2D eigenvalue weighted by Crippen LogP contribution is -2.56. The van der Waals surface area contributed by atoms with E-state index >= 15 is 0 Å². The van der Waals surface area contributed by atoms with Crippen LogP contribution in [0, 0.1) is 57.7 Å². The molecule has 0 bridgehead atoms. The van der Waals surface area contributed by atoms with E-state index in [1.54, 1.807) is 0 Å². The highest BCUT2D eigenvalue weighted by Crippen LogP contribution is 2.81. The molecule has 0 saturated heterocycles. The van der Waals surface area contributed by atoms with Crippen molar-refractivity contribution in [3.8, 4) is 0 Å². The molecule has 1 heteroatoms. The van der Waals surface area contributed by atoms with Gasteiger partial charge in [0.15, 0.2) is 0 Å². The Morgan fingerprint density at radius 1 is 0.929 bits per heavy atom. The second kappa shape index (κ2) is 6.48. The van der Waals surface area contributed by atoms with E-state index in [9.17, 15) is 5.11 Å². The van der Waals surface area contributed by atoms with Gasteiger partial charge in [0.1, 0.15) is 0 Å². The Morgan fingerprint density at radius 3 is 2.43 bits per heavy atom. The molecule has 0 aromatic rings. The highest BCUT2D eigenvalue weighted by Gasteiger charge is 2.77. The minimum Gasteiger partial charge on any atom is -0.393 e. The van der Waals surface area contributed by atoms with E-state index in [4.69, 9.17) is 0 Å².